The summed E-state index contributed by atoms with van der Waals surface area (Å²) in [6.45, 7) is 7.04. The molecule has 1 aromatic carbocycles. The summed E-state index contributed by atoms with van der Waals surface area (Å²) < 4.78 is 0. The van der Waals surface area contributed by atoms with Crippen LogP contribution in [0.4, 0.5) is 0 Å². The summed E-state index contributed by atoms with van der Waals surface area (Å²) in [6.07, 6.45) is 6.68. The van der Waals surface area contributed by atoms with Crippen molar-refractivity contribution in [2.75, 3.05) is 0 Å². The zero-order valence-corrected chi connectivity index (χ0v) is 13.2. The SMILES string of the molecule is CCC(NC1C2CCC1Cc1ccccc1C2)C(C)C. The third-order valence-corrected chi connectivity index (χ3v) is 5.66. The van der Waals surface area contributed by atoms with E-state index in [1.54, 1.807) is 11.1 Å². The van der Waals surface area contributed by atoms with Gasteiger partial charge in [0.25, 0.3) is 0 Å². The second-order valence-electron chi connectivity index (χ2n) is 7.23. The fraction of sp³-hybridized carbons (Fsp3) is 0.684. The highest BCUT2D eigenvalue weighted by Crippen LogP contribution is 2.40. The lowest BCUT2D eigenvalue weighted by atomic mass is 9.92. The number of nitrogens with one attached hydrogen (secondary N) is 1. The molecule has 0 amide bonds. The van der Waals surface area contributed by atoms with Crippen LogP contribution in [0.5, 0.6) is 0 Å². The molecule has 1 N–H and O–H groups in total. The highest BCUT2D eigenvalue weighted by Gasteiger charge is 2.39. The summed E-state index contributed by atoms with van der Waals surface area (Å²) in [5.41, 5.74) is 3.23. The van der Waals surface area contributed by atoms with Crippen LogP contribution in [0.15, 0.2) is 24.3 Å². The van der Waals surface area contributed by atoms with Crippen LogP contribution in [-0.2, 0) is 12.8 Å². The van der Waals surface area contributed by atoms with Crippen molar-refractivity contribution >= 4 is 0 Å². The van der Waals surface area contributed by atoms with E-state index in [1.165, 1.54) is 32.1 Å². The number of fused-ring (bicyclic) bond motifs is 3. The first-order valence-corrected chi connectivity index (χ1v) is 8.51. The van der Waals surface area contributed by atoms with Gasteiger partial charge in [0.05, 0.1) is 0 Å². The van der Waals surface area contributed by atoms with Gasteiger partial charge in [-0.3, -0.25) is 0 Å². The topological polar surface area (TPSA) is 12.0 Å². The van der Waals surface area contributed by atoms with Gasteiger partial charge in [-0.1, -0.05) is 45.0 Å². The summed E-state index contributed by atoms with van der Waals surface area (Å²) >= 11 is 0. The third-order valence-electron chi connectivity index (χ3n) is 5.66. The largest absolute Gasteiger partial charge is 0.310 e. The van der Waals surface area contributed by atoms with Gasteiger partial charge in [0, 0.05) is 12.1 Å². The van der Waals surface area contributed by atoms with Crippen LogP contribution < -0.4 is 5.32 Å². The lowest BCUT2D eigenvalue weighted by molar-refractivity contribution is 0.266. The standard InChI is InChI=1S/C19H29N/c1-4-18(13(2)3)20-19-16-9-10-17(19)12-15-8-6-5-7-14(15)11-16/h5-8,13,16-20H,4,9-12H2,1-3H3. The molecule has 20 heavy (non-hydrogen) atoms. The van der Waals surface area contributed by atoms with Crippen molar-refractivity contribution in [2.45, 2.75) is 65.0 Å². The van der Waals surface area contributed by atoms with Crippen LogP contribution in [0.3, 0.4) is 0 Å². The summed E-state index contributed by atoms with van der Waals surface area (Å²) in [4.78, 5) is 0. The van der Waals surface area contributed by atoms with Gasteiger partial charge in [-0.05, 0) is 61.0 Å². The molecular weight excluding hydrogens is 242 g/mol. The van der Waals surface area contributed by atoms with Gasteiger partial charge in [0.15, 0.2) is 0 Å². The molecule has 0 radical (unpaired) electrons. The molecule has 0 aromatic heterocycles. The molecule has 1 heteroatoms. The predicted octanol–water partition coefficient (Wildman–Crippen LogP) is 4.20. The maximum Gasteiger partial charge on any atom is 0.0133 e. The molecule has 2 bridgehead atoms. The molecule has 0 saturated heterocycles. The normalized spacial score (nSPS) is 30.1. The highest BCUT2D eigenvalue weighted by molar-refractivity contribution is 5.30. The number of rotatable bonds is 4. The molecule has 0 spiro atoms. The Morgan fingerprint density at radius 1 is 1.05 bits per heavy atom. The van der Waals surface area contributed by atoms with E-state index in [-0.39, 0.29) is 0 Å². The van der Waals surface area contributed by atoms with Crippen LogP contribution in [-0.4, -0.2) is 12.1 Å². The molecule has 2 aliphatic rings. The second-order valence-corrected chi connectivity index (χ2v) is 7.23. The Morgan fingerprint density at radius 3 is 2.05 bits per heavy atom. The van der Waals surface area contributed by atoms with Gasteiger partial charge < -0.3 is 5.32 Å². The van der Waals surface area contributed by atoms with Crippen molar-refractivity contribution < 1.29 is 0 Å². The van der Waals surface area contributed by atoms with Crippen molar-refractivity contribution in [1.82, 2.24) is 5.32 Å². The Bertz CT molecular complexity index is 418. The van der Waals surface area contributed by atoms with Crippen molar-refractivity contribution in [1.29, 1.82) is 0 Å². The molecule has 0 heterocycles. The van der Waals surface area contributed by atoms with Crippen LogP contribution in [0.2, 0.25) is 0 Å². The molecule has 110 valence electrons. The van der Waals surface area contributed by atoms with Crippen molar-refractivity contribution in [2.24, 2.45) is 17.8 Å². The number of benzene rings is 1. The van der Waals surface area contributed by atoms with Gasteiger partial charge in [-0.25, -0.2) is 0 Å². The first kappa shape index (κ1) is 14.1. The van der Waals surface area contributed by atoms with Crippen LogP contribution in [0.25, 0.3) is 0 Å². The molecule has 3 unspecified atom stereocenters. The van der Waals surface area contributed by atoms with Gasteiger partial charge in [0.2, 0.25) is 0 Å². The van der Waals surface area contributed by atoms with E-state index in [1.807, 2.05) is 0 Å². The first-order chi connectivity index (χ1) is 9.69. The maximum absolute atomic E-state index is 4.04. The molecule has 1 aromatic rings. The highest BCUT2D eigenvalue weighted by atomic mass is 15.0. The Hall–Kier alpha value is -0.820. The van der Waals surface area contributed by atoms with Gasteiger partial charge in [0.1, 0.15) is 0 Å². The first-order valence-electron chi connectivity index (χ1n) is 8.51. The third kappa shape index (κ3) is 2.65. The van der Waals surface area contributed by atoms with E-state index in [0.29, 0.717) is 6.04 Å². The molecule has 2 aliphatic carbocycles. The second kappa shape index (κ2) is 5.89. The fourth-order valence-corrected chi connectivity index (χ4v) is 4.45. The number of hydrogen-bond donors (Lipinski definition) is 1. The Morgan fingerprint density at radius 2 is 1.60 bits per heavy atom. The van der Waals surface area contributed by atoms with Gasteiger partial charge in [-0.2, -0.15) is 0 Å². The lowest BCUT2D eigenvalue weighted by Gasteiger charge is -2.31. The smallest absolute Gasteiger partial charge is 0.0133 e. The average Bonchev–Trinajstić information content (AvgIpc) is 2.70. The van der Waals surface area contributed by atoms with Crippen LogP contribution >= 0.6 is 0 Å². The maximum atomic E-state index is 4.04. The van der Waals surface area contributed by atoms with Crippen LogP contribution in [0.1, 0.15) is 51.2 Å². The van der Waals surface area contributed by atoms with Crippen molar-refractivity contribution in [3.05, 3.63) is 35.4 Å². The van der Waals surface area contributed by atoms with E-state index in [9.17, 15) is 0 Å². The zero-order valence-electron chi connectivity index (χ0n) is 13.2. The van der Waals surface area contributed by atoms with E-state index >= 15 is 0 Å². The van der Waals surface area contributed by atoms with Crippen molar-refractivity contribution in [3.63, 3.8) is 0 Å². The van der Waals surface area contributed by atoms with Gasteiger partial charge >= 0.3 is 0 Å². The minimum Gasteiger partial charge on any atom is -0.310 e. The predicted molar refractivity (Wildman–Crippen MR) is 85.9 cm³/mol. The minimum atomic E-state index is 0.685. The molecule has 1 fully saturated rings. The minimum absolute atomic E-state index is 0.685. The molecule has 3 rings (SSSR count). The Labute approximate surface area is 124 Å². The van der Waals surface area contributed by atoms with Gasteiger partial charge in [-0.15, -0.1) is 0 Å². The molecule has 3 atom stereocenters. The number of hydrogen-bond acceptors (Lipinski definition) is 1. The lowest BCUT2D eigenvalue weighted by Crippen LogP contribution is -2.46. The van der Waals surface area contributed by atoms with Crippen LogP contribution in [0, 0.1) is 17.8 Å². The van der Waals surface area contributed by atoms with Crippen molar-refractivity contribution in [3.8, 4) is 0 Å². The van der Waals surface area contributed by atoms with E-state index in [4.69, 9.17) is 0 Å². The summed E-state index contributed by atoms with van der Waals surface area (Å²) in [6, 6.07) is 10.6. The van der Waals surface area contributed by atoms with E-state index in [0.717, 1.165) is 23.8 Å². The molecule has 1 saturated carbocycles. The fourth-order valence-electron chi connectivity index (χ4n) is 4.45. The Kier molecular flexibility index (Phi) is 4.16. The van der Waals surface area contributed by atoms with E-state index in [2.05, 4.69) is 50.4 Å². The zero-order chi connectivity index (χ0) is 14.1. The summed E-state index contributed by atoms with van der Waals surface area (Å²) in [7, 11) is 0. The summed E-state index contributed by atoms with van der Waals surface area (Å²) in [5.74, 6) is 2.46. The average molecular weight is 271 g/mol. The molecule has 1 nitrogen and oxygen atoms in total. The Balaban J connectivity index is 1.79. The summed E-state index contributed by atoms with van der Waals surface area (Å²) in [5, 5.41) is 4.04. The molecule has 0 aliphatic heterocycles. The monoisotopic (exact) mass is 271 g/mol. The van der Waals surface area contributed by atoms with E-state index < -0.39 is 0 Å². The quantitative estimate of drug-likeness (QED) is 0.865. The molecular formula is C19H29N.